The molecule has 0 radical (unpaired) electrons. The van der Waals surface area contributed by atoms with Gasteiger partial charge in [0.2, 0.25) is 0 Å². The van der Waals surface area contributed by atoms with E-state index in [2.05, 4.69) is 66.0 Å². The quantitative estimate of drug-likeness (QED) is 0.454. The summed E-state index contributed by atoms with van der Waals surface area (Å²) >= 11 is 18.3. The summed E-state index contributed by atoms with van der Waals surface area (Å²) in [6.07, 6.45) is 0.947. The molecule has 5 heteroatoms. The topological polar surface area (TPSA) is 0 Å². The van der Waals surface area contributed by atoms with Crippen LogP contribution in [0.5, 0.6) is 0 Å². The van der Waals surface area contributed by atoms with E-state index in [9.17, 15) is 0 Å². The number of benzene rings is 1. The second kappa shape index (κ2) is 6.20. The van der Waals surface area contributed by atoms with Gasteiger partial charge >= 0.3 is 0 Å². The molecule has 0 fully saturated rings. The molecule has 0 N–H and O–H groups in total. The van der Waals surface area contributed by atoms with E-state index >= 15 is 0 Å². The predicted octanol–water partition coefficient (Wildman–Crippen LogP) is 6.61. The molecule has 0 spiro atoms. The number of hydrogen-bond acceptors (Lipinski definition) is 1. The molecule has 0 aliphatic carbocycles. The van der Waals surface area contributed by atoms with Crippen molar-refractivity contribution in [3.05, 3.63) is 54.1 Å². The van der Waals surface area contributed by atoms with Gasteiger partial charge in [-0.1, -0.05) is 55.6 Å². The monoisotopic (exact) mass is 456 g/mol. The van der Waals surface area contributed by atoms with Crippen molar-refractivity contribution in [2.45, 2.75) is 11.2 Å². The van der Waals surface area contributed by atoms with Gasteiger partial charge in [0.15, 0.2) is 0 Å². The molecule has 0 saturated heterocycles. The third-order valence-electron chi connectivity index (χ3n) is 2.28. The van der Waals surface area contributed by atoms with Gasteiger partial charge < -0.3 is 0 Å². The fourth-order valence-electron chi connectivity index (χ4n) is 1.49. The van der Waals surface area contributed by atoms with Crippen molar-refractivity contribution in [3.8, 4) is 0 Å². The highest BCUT2D eigenvalue weighted by Crippen LogP contribution is 2.39. The summed E-state index contributed by atoms with van der Waals surface area (Å²) in [6, 6.07) is 10.4. The molecule has 17 heavy (non-hydrogen) atoms. The second-order valence-electron chi connectivity index (χ2n) is 3.57. The first-order chi connectivity index (χ1) is 8.06. The largest absolute Gasteiger partial charge is 0.130 e. The SMILES string of the molecule is Clc1cc(C(Br)Cc2cccc(Br)c2)sc1Br. The molecule has 0 nitrogen and oxygen atoms in total. The van der Waals surface area contributed by atoms with Crippen LogP contribution in [0.25, 0.3) is 0 Å². The summed E-state index contributed by atoms with van der Waals surface area (Å²) in [5.74, 6) is 0. The van der Waals surface area contributed by atoms with Gasteiger partial charge in [-0.25, -0.2) is 0 Å². The van der Waals surface area contributed by atoms with E-state index in [1.54, 1.807) is 11.3 Å². The molecule has 90 valence electrons. The number of rotatable bonds is 3. The highest BCUT2D eigenvalue weighted by atomic mass is 79.9. The van der Waals surface area contributed by atoms with Crippen molar-refractivity contribution in [3.63, 3.8) is 0 Å². The second-order valence-corrected chi connectivity index (χ2v) is 8.40. The van der Waals surface area contributed by atoms with Crippen LogP contribution >= 0.6 is 70.7 Å². The van der Waals surface area contributed by atoms with Crippen LogP contribution in [0.3, 0.4) is 0 Å². The maximum Gasteiger partial charge on any atom is 0.0887 e. The Morgan fingerprint density at radius 2 is 2.00 bits per heavy atom. The molecule has 0 amide bonds. The maximum atomic E-state index is 6.04. The van der Waals surface area contributed by atoms with Crippen LogP contribution in [-0.2, 0) is 6.42 Å². The highest BCUT2D eigenvalue weighted by Gasteiger charge is 2.13. The molecule has 0 aliphatic rings. The van der Waals surface area contributed by atoms with Gasteiger partial charge in [0.1, 0.15) is 0 Å². The van der Waals surface area contributed by atoms with Gasteiger partial charge in [-0.15, -0.1) is 11.3 Å². The third kappa shape index (κ3) is 3.80. The first-order valence-corrected chi connectivity index (χ1v) is 8.59. The molecule has 1 unspecified atom stereocenters. The first kappa shape index (κ1) is 14.1. The zero-order valence-electron chi connectivity index (χ0n) is 8.59. The third-order valence-corrected chi connectivity index (χ3v) is 6.48. The molecule has 2 rings (SSSR count). The Balaban J connectivity index is 2.14. The van der Waals surface area contributed by atoms with E-state index in [4.69, 9.17) is 11.6 Å². The van der Waals surface area contributed by atoms with Crippen molar-refractivity contribution >= 4 is 70.7 Å². The maximum absolute atomic E-state index is 6.04. The molecular formula is C12H8Br3ClS. The van der Waals surface area contributed by atoms with Crippen LogP contribution in [0.1, 0.15) is 15.3 Å². The van der Waals surface area contributed by atoms with Crippen molar-refractivity contribution in [2.75, 3.05) is 0 Å². The summed E-state index contributed by atoms with van der Waals surface area (Å²) in [4.78, 5) is 1.53. The van der Waals surface area contributed by atoms with E-state index in [1.165, 1.54) is 10.4 Å². The minimum atomic E-state index is 0.297. The minimum Gasteiger partial charge on any atom is -0.130 e. The lowest BCUT2D eigenvalue weighted by molar-refractivity contribution is 0.968. The van der Waals surface area contributed by atoms with Crippen LogP contribution in [0.15, 0.2) is 38.6 Å². The van der Waals surface area contributed by atoms with Crippen LogP contribution in [0.4, 0.5) is 0 Å². The van der Waals surface area contributed by atoms with E-state index in [0.717, 1.165) is 19.7 Å². The summed E-state index contributed by atoms with van der Waals surface area (Å²) < 4.78 is 2.10. The fourth-order valence-corrected chi connectivity index (χ4v) is 4.45. The van der Waals surface area contributed by atoms with Gasteiger partial charge in [0.05, 0.1) is 13.6 Å². The van der Waals surface area contributed by atoms with Gasteiger partial charge in [-0.3, -0.25) is 0 Å². The van der Waals surface area contributed by atoms with Crippen LogP contribution in [0, 0.1) is 0 Å². The number of hydrogen-bond donors (Lipinski definition) is 0. The van der Waals surface area contributed by atoms with E-state index < -0.39 is 0 Å². The summed E-state index contributed by atoms with van der Waals surface area (Å²) in [7, 11) is 0. The van der Waals surface area contributed by atoms with Crippen molar-refractivity contribution < 1.29 is 0 Å². The molecule has 1 heterocycles. The Labute approximate surface area is 135 Å². The smallest absolute Gasteiger partial charge is 0.0887 e. The van der Waals surface area contributed by atoms with Gasteiger partial charge in [0.25, 0.3) is 0 Å². The number of halogens is 4. The van der Waals surface area contributed by atoms with E-state index in [1.807, 2.05) is 12.1 Å². The average molecular weight is 459 g/mol. The van der Waals surface area contributed by atoms with Crippen molar-refractivity contribution in [1.82, 2.24) is 0 Å². The number of alkyl halides is 1. The molecule has 0 aliphatic heterocycles. The lowest BCUT2D eigenvalue weighted by Crippen LogP contribution is -1.92. The average Bonchev–Trinajstić information content (AvgIpc) is 2.59. The van der Waals surface area contributed by atoms with E-state index in [-0.39, 0.29) is 0 Å². The Hall–Kier alpha value is 0.650. The summed E-state index contributed by atoms with van der Waals surface area (Å²) in [6.45, 7) is 0. The summed E-state index contributed by atoms with van der Waals surface area (Å²) in [5.41, 5.74) is 1.29. The lowest BCUT2D eigenvalue weighted by atomic mass is 10.1. The van der Waals surface area contributed by atoms with Crippen LogP contribution in [0.2, 0.25) is 5.02 Å². The fraction of sp³-hybridized carbons (Fsp3) is 0.167. The standard InChI is InChI=1S/C12H8Br3ClS/c13-8-3-1-2-7(4-8)5-9(14)11-6-10(16)12(15)17-11/h1-4,6,9H,5H2. The van der Waals surface area contributed by atoms with Gasteiger partial charge in [0, 0.05) is 9.35 Å². The van der Waals surface area contributed by atoms with Gasteiger partial charge in [-0.05, 0) is 46.1 Å². The lowest BCUT2D eigenvalue weighted by Gasteiger charge is -2.07. The molecule has 1 atom stereocenters. The molecule has 0 saturated carbocycles. The highest BCUT2D eigenvalue weighted by molar-refractivity contribution is 9.11. The number of thiophene rings is 1. The Morgan fingerprint density at radius 1 is 1.24 bits per heavy atom. The Bertz CT molecular complexity index is 505. The normalized spacial score (nSPS) is 12.7. The van der Waals surface area contributed by atoms with Crippen molar-refractivity contribution in [2.24, 2.45) is 0 Å². The first-order valence-electron chi connectivity index (χ1n) is 4.89. The molecule has 0 bridgehead atoms. The minimum absolute atomic E-state index is 0.297. The zero-order valence-corrected chi connectivity index (χ0v) is 14.9. The van der Waals surface area contributed by atoms with Crippen molar-refractivity contribution in [1.29, 1.82) is 0 Å². The molecule has 1 aromatic heterocycles. The van der Waals surface area contributed by atoms with Gasteiger partial charge in [-0.2, -0.15) is 0 Å². The molecular weight excluding hydrogens is 451 g/mol. The Kier molecular flexibility index (Phi) is 5.13. The Morgan fingerprint density at radius 3 is 2.59 bits per heavy atom. The zero-order chi connectivity index (χ0) is 12.4. The van der Waals surface area contributed by atoms with E-state index in [0.29, 0.717) is 4.83 Å². The predicted molar refractivity (Wildman–Crippen MR) is 86.5 cm³/mol. The molecule has 2 aromatic rings. The van der Waals surface area contributed by atoms with Crippen LogP contribution < -0.4 is 0 Å². The van der Waals surface area contributed by atoms with Crippen LogP contribution in [-0.4, -0.2) is 0 Å². The molecule has 1 aromatic carbocycles. The summed E-state index contributed by atoms with van der Waals surface area (Å²) in [5, 5.41) is 0.781.